The molecule has 2 bridgehead atoms. The topological polar surface area (TPSA) is 51.7 Å². The van der Waals surface area contributed by atoms with Gasteiger partial charge in [0.25, 0.3) is 0 Å². The van der Waals surface area contributed by atoms with E-state index in [-0.39, 0.29) is 29.8 Å². The molecule has 0 amide bonds. The fourth-order valence-corrected chi connectivity index (χ4v) is 7.89. The van der Waals surface area contributed by atoms with Gasteiger partial charge in [-0.2, -0.15) is 0 Å². The number of nitrogens with zero attached hydrogens (tertiary/aromatic N) is 2. The summed E-state index contributed by atoms with van der Waals surface area (Å²) in [4.78, 5) is 8.83. The van der Waals surface area contributed by atoms with Crippen LogP contribution in [0.25, 0.3) is 10.9 Å². The first-order chi connectivity index (χ1) is 17.5. The first-order valence-electron chi connectivity index (χ1n) is 13.6. The molecule has 2 atom stereocenters. The zero-order valence-electron chi connectivity index (χ0n) is 21.0. The number of aromatic nitrogens is 1. The summed E-state index contributed by atoms with van der Waals surface area (Å²) in [6, 6.07) is 18.0. The van der Waals surface area contributed by atoms with E-state index in [1.807, 2.05) is 0 Å². The highest BCUT2D eigenvalue weighted by atomic mass is 19.1. The van der Waals surface area contributed by atoms with E-state index in [2.05, 4.69) is 70.2 Å². The van der Waals surface area contributed by atoms with Crippen LogP contribution in [0.15, 0.2) is 48.5 Å². The third-order valence-corrected chi connectivity index (χ3v) is 9.40. The molecule has 8 rings (SSSR count). The van der Waals surface area contributed by atoms with Gasteiger partial charge in [0.15, 0.2) is 0 Å². The van der Waals surface area contributed by atoms with Crippen molar-refractivity contribution < 1.29 is 14.2 Å². The number of halogens is 1. The van der Waals surface area contributed by atoms with Crippen molar-refractivity contribution in [1.82, 2.24) is 14.8 Å². The monoisotopic (exact) mass is 489 g/mol. The number of hydrogen-bond donors (Lipinski definition) is 2. The lowest BCUT2D eigenvalue weighted by atomic mass is 9.38. The number of aliphatic hydroxyl groups excluding tert-OH is 1. The number of rotatable bonds is 8. The molecule has 6 heteroatoms. The number of H-pyrrole nitrogens is 1. The second-order valence-electron chi connectivity index (χ2n) is 11.9. The number of alkyl halides is 1. The van der Waals surface area contributed by atoms with Gasteiger partial charge in [-0.1, -0.05) is 30.3 Å². The second kappa shape index (κ2) is 8.30. The van der Waals surface area contributed by atoms with Gasteiger partial charge >= 0.3 is 0 Å². The summed E-state index contributed by atoms with van der Waals surface area (Å²) < 4.78 is 18.6. The summed E-state index contributed by atoms with van der Waals surface area (Å²) >= 11 is 0. The van der Waals surface area contributed by atoms with Crippen LogP contribution in [0.4, 0.5) is 4.39 Å². The van der Waals surface area contributed by atoms with Crippen molar-refractivity contribution in [2.75, 3.05) is 32.9 Å². The maximum Gasteiger partial charge on any atom is 0.124 e. The molecule has 3 saturated carbocycles. The molecule has 2 aliphatic heterocycles. The second-order valence-corrected chi connectivity index (χ2v) is 11.9. The largest absolute Gasteiger partial charge is 0.488 e. The highest BCUT2D eigenvalue weighted by Gasteiger charge is 2.71. The van der Waals surface area contributed by atoms with Gasteiger partial charge < -0.3 is 14.8 Å². The number of benzene rings is 2. The fraction of sp³-hybridized carbons (Fsp3) is 0.533. The molecule has 2 N–H and O–H groups in total. The molecule has 4 fully saturated rings. The molecular formula is C30H36FN3O2. The first-order valence-corrected chi connectivity index (χ1v) is 13.6. The van der Waals surface area contributed by atoms with Gasteiger partial charge in [-0.15, -0.1) is 0 Å². The predicted molar refractivity (Wildman–Crippen MR) is 139 cm³/mol. The molecule has 1 aromatic heterocycles. The Hall–Kier alpha value is -2.41. The average Bonchev–Trinajstić information content (AvgIpc) is 3.18. The van der Waals surface area contributed by atoms with Crippen LogP contribution in [0.3, 0.4) is 0 Å². The van der Waals surface area contributed by atoms with Gasteiger partial charge in [0.05, 0.1) is 12.7 Å². The molecule has 5 aliphatic rings. The van der Waals surface area contributed by atoms with Gasteiger partial charge in [-0.3, -0.25) is 14.2 Å². The lowest BCUT2D eigenvalue weighted by molar-refractivity contribution is -0.254. The van der Waals surface area contributed by atoms with Crippen molar-refractivity contribution in [2.24, 2.45) is 5.41 Å². The van der Waals surface area contributed by atoms with Gasteiger partial charge in [0.2, 0.25) is 0 Å². The normalized spacial score (nSPS) is 32.0. The van der Waals surface area contributed by atoms with Crippen LogP contribution >= 0.6 is 0 Å². The molecule has 0 radical (unpaired) electrons. The molecule has 0 spiro atoms. The molecule has 3 heterocycles. The minimum atomic E-state index is -0.249. The Morgan fingerprint density at radius 2 is 1.83 bits per heavy atom. The Morgan fingerprint density at radius 3 is 2.56 bits per heavy atom. The minimum Gasteiger partial charge on any atom is -0.488 e. The highest BCUT2D eigenvalue weighted by molar-refractivity contribution is 5.85. The molecule has 5 nitrogen and oxygen atoms in total. The Labute approximate surface area is 212 Å². The van der Waals surface area contributed by atoms with E-state index in [4.69, 9.17) is 4.74 Å². The van der Waals surface area contributed by atoms with Crippen LogP contribution in [0.2, 0.25) is 0 Å². The number of para-hydroxylation sites is 1. The molecule has 3 aromatic rings. The molecule has 3 aliphatic carbocycles. The average molecular weight is 490 g/mol. The number of hydrogen-bond acceptors (Lipinski definition) is 4. The summed E-state index contributed by atoms with van der Waals surface area (Å²) in [5.74, 6) is 0.908. The minimum absolute atomic E-state index is 0.169. The molecule has 2 aromatic carbocycles. The smallest absolute Gasteiger partial charge is 0.124 e. The maximum absolute atomic E-state index is 12.4. The number of aromatic amines is 1. The van der Waals surface area contributed by atoms with Gasteiger partial charge in [-0.05, 0) is 73.8 Å². The maximum atomic E-state index is 12.4. The quantitative estimate of drug-likeness (QED) is 0.475. The summed E-state index contributed by atoms with van der Waals surface area (Å²) in [5.41, 5.74) is 5.66. The summed E-state index contributed by atoms with van der Waals surface area (Å²) in [7, 11) is 0. The Kier molecular flexibility index (Phi) is 5.25. The van der Waals surface area contributed by atoms with Crippen molar-refractivity contribution in [3.8, 4) is 5.75 Å². The summed E-state index contributed by atoms with van der Waals surface area (Å²) in [5, 5.41) is 11.3. The van der Waals surface area contributed by atoms with Crippen molar-refractivity contribution in [3.63, 3.8) is 0 Å². The number of likely N-dealkylation sites (tertiary alicyclic amines) is 1. The van der Waals surface area contributed by atoms with Crippen LogP contribution in [0.1, 0.15) is 55.5 Å². The summed E-state index contributed by atoms with van der Waals surface area (Å²) in [6.07, 6.45) is 5.16. The van der Waals surface area contributed by atoms with Gasteiger partial charge in [-0.25, -0.2) is 0 Å². The number of aliphatic hydroxyl groups is 1. The SMILES string of the molecule is C[C@@H]1Cc2c([nH]c3ccccc23)[C@@H](c2ccc(OC3CN(CCCF)C3)cc2)N1C12CC(CO)(C1)C2. The van der Waals surface area contributed by atoms with E-state index in [0.29, 0.717) is 19.1 Å². The van der Waals surface area contributed by atoms with Crippen LogP contribution < -0.4 is 4.74 Å². The van der Waals surface area contributed by atoms with Crippen LogP contribution in [0.5, 0.6) is 5.75 Å². The van der Waals surface area contributed by atoms with E-state index in [9.17, 15) is 9.50 Å². The lowest BCUT2D eigenvalue weighted by Crippen LogP contribution is -2.77. The molecular weight excluding hydrogens is 453 g/mol. The number of nitrogens with one attached hydrogen (secondary N) is 1. The van der Waals surface area contributed by atoms with Crippen molar-refractivity contribution in [1.29, 1.82) is 0 Å². The van der Waals surface area contributed by atoms with E-state index < -0.39 is 0 Å². The van der Waals surface area contributed by atoms with Gasteiger partial charge in [0, 0.05) is 54.4 Å². The van der Waals surface area contributed by atoms with E-state index >= 15 is 0 Å². The van der Waals surface area contributed by atoms with Crippen molar-refractivity contribution in [3.05, 3.63) is 65.4 Å². The third-order valence-electron chi connectivity index (χ3n) is 9.40. The van der Waals surface area contributed by atoms with Gasteiger partial charge in [0.1, 0.15) is 11.9 Å². The molecule has 36 heavy (non-hydrogen) atoms. The number of fused-ring (bicyclic) bond motifs is 3. The Morgan fingerprint density at radius 1 is 1.08 bits per heavy atom. The number of ether oxygens (including phenoxy) is 1. The molecule has 190 valence electrons. The van der Waals surface area contributed by atoms with Crippen molar-refractivity contribution in [2.45, 2.75) is 62.8 Å². The fourth-order valence-electron chi connectivity index (χ4n) is 7.89. The Balaban J connectivity index is 1.18. The highest BCUT2D eigenvalue weighted by Crippen LogP contribution is 2.71. The van der Waals surface area contributed by atoms with E-state index in [1.54, 1.807) is 0 Å². The molecule has 0 unspecified atom stereocenters. The van der Waals surface area contributed by atoms with Crippen LogP contribution in [-0.4, -0.2) is 70.5 Å². The first kappa shape index (κ1) is 22.8. The zero-order chi connectivity index (χ0) is 24.5. The van der Waals surface area contributed by atoms with E-state index in [1.165, 1.54) is 27.7 Å². The Bertz CT molecular complexity index is 1250. The van der Waals surface area contributed by atoms with Crippen LogP contribution in [0, 0.1) is 5.41 Å². The predicted octanol–water partition coefficient (Wildman–Crippen LogP) is 4.84. The van der Waals surface area contributed by atoms with Crippen LogP contribution in [-0.2, 0) is 6.42 Å². The van der Waals surface area contributed by atoms with E-state index in [0.717, 1.165) is 51.1 Å². The lowest BCUT2D eigenvalue weighted by Gasteiger charge is -2.76. The molecule has 1 saturated heterocycles. The zero-order valence-corrected chi connectivity index (χ0v) is 21.0. The van der Waals surface area contributed by atoms with Crippen molar-refractivity contribution >= 4 is 10.9 Å². The third kappa shape index (κ3) is 3.37. The summed E-state index contributed by atoms with van der Waals surface area (Å²) in [6.45, 7) is 5.02. The standard InChI is InChI=1S/C30H36FN3O2/c1-20-13-25-24-5-2-3-6-26(24)32-27(25)28(34(20)30-16-29(17-30,18-30)19-35)21-7-9-22(10-8-21)36-23-14-33(15-23)12-4-11-31/h2-3,5-10,20,23,28,32,35H,4,11-19H2,1H3/t20-,28-,29?,30?/m1/s1.